The number of carbonyl (C=O) groups is 2. The highest BCUT2D eigenvalue weighted by molar-refractivity contribution is 6.13. The van der Waals surface area contributed by atoms with Crippen LogP contribution in [-0.2, 0) is 4.79 Å². The lowest BCUT2D eigenvalue weighted by Crippen LogP contribution is -2.35. The zero-order chi connectivity index (χ0) is 17.5. The van der Waals surface area contributed by atoms with Crippen LogP contribution in [0.2, 0.25) is 0 Å². The lowest BCUT2D eigenvalue weighted by molar-refractivity contribution is -0.123. The number of rotatable bonds is 8. The Morgan fingerprint density at radius 1 is 1.21 bits per heavy atom. The van der Waals surface area contributed by atoms with Gasteiger partial charge in [0.05, 0.1) is 7.11 Å². The molecule has 3 amide bonds. The molecule has 1 atom stereocenters. The maximum atomic E-state index is 12.5. The number of nitrogens with one attached hydrogen (secondary N) is 1. The Morgan fingerprint density at radius 2 is 1.92 bits per heavy atom. The molecule has 1 saturated heterocycles. The first-order valence-corrected chi connectivity index (χ1v) is 8.57. The molecule has 1 aliphatic heterocycles. The normalized spacial score (nSPS) is 17.3. The van der Waals surface area contributed by atoms with Crippen LogP contribution in [0.25, 0.3) is 6.08 Å². The van der Waals surface area contributed by atoms with E-state index in [0.29, 0.717) is 18.2 Å². The molecule has 130 valence electrons. The first kappa shape index (κ1) is 18.0. The Kier molecular flexibility index (Phi) is 6.41. The lowest BCUT2D eigenvalue weighted by atomic mass is 9.99. The van der Waals surface area contributed by atoms with Crippen LogP contribution >= 0.6 is 0 Å². The van der Waals surface area contributed by atoms with Crippen molar-refractivity contribution in [1.29, 1.82) is 0 Å². The van der Waals surface area contributed by atoms with Crippen LogP contribution in [0.5, 0.6) is 5.75 Å². The summed E-state index contributed by atoms with van der Waals surface area (Å²) in [6.07, 6.45) is 5.96. The van der Waals surface area contributed by atoms with E-state index in [1.54, 1.807) is 13.2 Å². The minimum atomic E-state index is -0.324. The molecule has 1 unspecified atom stereocenters. The van der Waals surface area contributed by atoms with Gasteiger partial charge in [0.25, 0.3) is 5.91 Å². The van der Waals surface area contributed by atoms with Gasteiger partial charge in [-0.15, -0.1) is 0 Å². The average molecular weight is 330 g/mol. The summed E-state index contributed by atoms with van der Waals surface area (Å²) in [6.45, 7) is 4.74. The molecule has 0 radical (unpaired) electrons. The van der Waals surface area contributed by atoms with Crippen molar-refractivity contribution in [3.63, 3.8) is 0 Å². The summed E-state index contributed by atoms with van der Waals surface area (Å²) in [7, 11) is 1.61. The highest BCUT2D eigenvalue weighted by Gasteiger charge is 2.34. The molecule has 24 heavy (non-hydrogen) atoms. The average Bonchev–Trinajstić information content (AvgIpc) is 2.86. The summed E-state index contributed by atoms with van der Waals surface area (Å²) in [4.78, 5) is 26.0. The predicted octanol–water partition coefficient (Wildman–Crippen LogP) is 3.80. The van der Waals surface area contributed by atoms with Crippen molar-refractivity contribution in [2.45, 2.75) is 39.5 Å². The van der Waals surface area contributed by atoms with E-state index in [0.717, 1.165) is 37.0 Å². The number of unbranched alkanes of at least 4 members (excludes halogenated alkanes) is 1. The molecule has 1 aliphatic rings. The highest BCUT2D eigenvalue weighted by atomic mass is 16.5. The number of nitrogens with zero attached hydrogens (tertiary/aromatic N) is 1. The number of ether oxygens (including phenoxy) is 1. The van der Waals surface area contributed by atoms with E-state index in [-0.39, 0.29) is 11.9 Å². The number of urea groups is 1. The quantitative estimate of drug-likeness (QED) is 0.582. The molecule has 0 spiro atoms. The number of imide groups is 1. The minimum Gasteiger partial charge on any atom is -0.497 e. The molecule has 0 saturated carbocycles. The third-order valence-electron chi connectivity index (χ3n) is 4.37. The van der Waals surface area contributed by atoms with Crippen molar-refractivity contribution >= 4 is 18.0 Å². The summed E-state index contributed by atoms with van der Waals surface area (Å²) in [5, 5.41) is 2.68. The van der Waals surface area contributed by atoms with Gasteiger partial charge in [-0.1, -0.05) is 45.2 Å². The molecular formula is C19H26N2O3. The van der Waals surface area contributed by atoms with Crippen LogP contribution in [0.3, 0.4) is 0 Å². The van der Waals surface area contributed by atoms with Crippen molar-refractivity contribution in [2.75, 3.05) is 13.7 Å². The molecule has 1 aromatic carbocycles. The van der Waals surface area contributed by atoms with Crippen LogP contribution in [0.4, 0.5) is 4.79 Å². The van der Waals surface area contributed by atoms with Crippen molar-refractivity contribution in [2.24, 2.45) is 5.92 Å². The zero-order valence-corrected chi connectivity index (χ0v) is 14.7. The molecule has 1 N–H and O–H groups in total. The number of hydrogen-bond acceptors (Lipinski definition) is 3. The summed E-state index contributed by atoms with van der Waals surface area (Å²) in [5.41, 5.74) is 1.18. The van der Waals surface area contributed by atoms with Crippen LogP contribution in [0.15, 0.2) is 30.0 Å². The van der Waals surface area contributed by atoms with Crippen molar-refractivity contribution in [1.82, 2.24) is 10.2 Å². The van der Waals surface area contributed by atoms with E-state index in [9.17, 15) is 9.59 Å². The first-order chi connectivity index (χ1) is 11.6. The number of hydrogen-bond donors (Lipinski definition) is 1. The zero-order valence-electron chi connectivity index (χ0n) is 14.7. The van der Waals surface area contributed by atoms with Gasteiger partial charge in [-0.05, 0) is 36.1 Å². The standard InChI is InChI=1S/C19H26N2O3/c1-4-6-7-14(5-2)13-21-18(22)17(20-19(21)23)12-15-8-10-16(24-3)11-9-15/h8-12,14H,4-7,13H2,1-3H3,(H,20,23)/b17-12-. The fraction of sp³-hybridized carbons (Fsp3) is 0.474. The van der Waals surface area contributed by atoms with E-state index in [2.05, 4.69) is 19.2 Å². The molecule has 1 heterocycles. The third-order valence-corrected chi connectivity index (χ3v) is 4.37. The van der Waals surface area contributed by atoms with E-state index < -0.39 is 0 Å². The molecule has 5 nitrogen and oxygen atoms in total. The largest absolute Gasteiger partial charge is 0.497 e. The molecular weight excluding hydrogens is 304 g/mol. The smallest absolute Gasteiger partial charge is 0.329 e. The van der Waals surface area contributed by atoms with Crippen molar-refractivity contribution < 1.29 is 14.3 Å². The van der Waals surface area contributed by atoms with Crippen molar-refractivity contribution in [3.8, 4) is 5.75 Å². The maximum absolute atomic E-state index is 12.5. The molecule has 0 bridgehead atoms. The number of methoxy groups -OCH3 is 1. The van der Waals surface area contributed by atoms with Crippen LogP contribution in [0, 0.1) is 5.92 Å². The number of benzene rings is 1. The van der Waals surface area contributed by atoms with Gasteiger partial charge in [0.1, 0.15) is 11.4 Å². The summed E-state index contributed by atoms with van der Waals surface area (Å²) < 4.78 is 5.12. The van der Waals surface area contributed by atoms with E-state index >= 15 is 0 Å². The molecule has 1 fully saturated rings. The lowest BCUT2D eigenvalue weighted by Gasteiger charge is -2.20. The summed E-state index contributed by atoms with van der Waals surface area (Å²) in [6, 6.07) is 7.02. The summed E-state index contributed by atoms with van der Waals surface area (Å²) in [5.74, 6) is 0.869. The van der Waals surface area contributed by atoms with E-state index in [4.69, 9.17) is 4.74 Å². The number of carbonyl (C=O) groups excluding carboxylic acids is 2. The second kappa shape index (κ2) is 8.52. The molecule has 2 rings (SSSR count). The van der Waals surface area contributed by atoms with Crippen LogP contribution in [-0.4, -0.2) is 30.5 Å². The number of amides is 3. The van der Waals surface area contributed by atoms with Crippen LogP contribution < -0.4 is 10.1 Å². The maximum Gasteiger partial charge on any atom is 0.329 e. The predicted molar refractivity (Wildman–Crippen MR) is 94.5 cm³/mol. The second-order valence-electron chi connectivity index (χ2n) is 6.09. The van der Waals surface area contributed by atoms with Gasteiger partial charge in [-0.3, -0.25) is 9.69 Å². The SMILES string of the molecule is CCCCC(CC)CN1C(=O)N/C(=C\c2ccc(OC)cc2)C1=O. The van der Waals surface area contributed by atoms with Gasteiger partial charge in [-0.2, -0.15) is 0 Å². The Labute approximate surface area is 143 Å². The second-order valence-corrected chi connectivity index (χ2v) is 6.09. The minimum absolute atomic E-state index is 0.245. The van der Waals surface area contributed by atoms with Gasteiger partial charge in [0, 0.05) is 6.54 Å². The Balaban J connectivity index is 2.08. The Bertz CT molecular complexity index is 608. The third kappa shape index (κ3) is 4.37. The van der Waals surface area contributed by atoms with E-state index in [1.165, 1.54) is 4.90 Å². The van der Waals surface area contributed by atoms with Crippen LogP contribution in [0.1, 0.15) is 45.1 Å². The van der Waals surface area contributed by atoms with Crippen molar-refractivity contribution in [3.05, 3.63) is 35.5 Å². The summed E-state index contributed by atoms with van der Waals surface area (Å²) >= 11 is 0. The first-order valence-electron chi connectivity index (χ1n) is 8.57. The fourth-order valence-corrected chi connectivity index (χ4v) is 2.78. The highest BCUT2D eigenvalue weighted by Crippen LogP contribution is 2.20. The Morgan fingerprint density at radius 3 is 2.50 bits per heavy atom. The topological polar surface area (TPSA) is 58.6 Å². The molecule has 5 heteroatoms. The van der Waals surface area contributed by atoms with Gasteiger partial charge in [0.15, 0.2) is 0 Å². The molecule has 1 aromatic rings. The fourth-order valence-electron chi connectivity index (χ4n) is 2.78. The van der Waals surface area contributed by atoms with Gasteiger partial charge >= 0.3 is 6.03 Å². The Hall–Kier alpha value is -2.30. The molecule has 0 aromatic heterocycles. The monoisotopic (exact) mass is 330 g/mol. The van der Waals surface area contributed by atoms with Gasteiger partial charge in [0.2, 0.25) is 0 Å². The molecule has 0 aliphatic carbocycles. The van der Waals surface area contributed by atoms with Gasteiger partial charge < -0.3 is 10.1 Å². The van der Waals surface area contributed by atoms with Gasteiger partial charge in [-0.25, -0.2) is 4.79 Å². The van der Waals surface area contributed by atoms with E-state index in [1.807, 2.05) is 24.3 Å².